The quantitative estimate of drug-likeness (QED) is 0.627. The zero-order chi connectivity index (χ0) is 14.0. The normalized spacial score (nSPS) is 15.0. The Labute approximate surface area is 111 Å². The Morgan fingerprint density at radius 2 is 2.00 bits per heavy atom. The van der Waals surface area contributed by atoms with Gasteiger partial charge >= 0.3 is 12.1 Å². The smallest absolute Gasteiger partial charge is 0.416 e. The summed E-state index contributed by atoms with van der Waals surface area (Å²) in [4.78, 5) is 11.4. The molecule has 6 heteroatoms. The number of carbonyl (C=O) groups is 1. The van der Waals surface area contributed by atoms with E-state index in [1.807, 2.05) is 0 Å². The summed E-state index contributed by atoms with van der Waals surface area (Å²) in [5.41, 5.74) is -0.317. The summed E-state index contributed by atoms with van der Waals surface area (Å²) in [5.74, 6) is -0.528. The van der Waals surface area contributed by atoms with Gasteiger partial charge in [0.15, 0.2) is 0 Å². The maximum atomic E-state index is 12.5. The van der Waals surface area contributed by atoms with Crippen LogP contribution in [0.3, 0.4) is 0 Å². The maximum absolute atomic E-state index is 12.5. The average Bonchev–Trinajstić information content (AvgIpc) is 2.26. The molecule has 1 atom stereocenters. The number of hydrogen-bond acceptors (Lipinski definition) is 2. The fourth-order valence-corrected chi connectivity index (χ4v) is 2.01. The summed E-state index contributed by atoms with van der Waals surface area (Å²) in [7, 11) is 1.23. The van der Waals surface area contributed by atoms with E-state index in [0.717, 1.165) is 12.1 Å². The second kappa shape index (κ2) is 5.30. The molecule has 0 aliphatic carbocycles. The number of halogens is 4. The van der Waals surface area contributed by atoms with Gasteiger partial charge in [0.25, 0.3) is 0 Å². The summed E-state index contributed by atoms with van der Waals surface area (Å²) in [6.45, 7) is 1.55. The molecule has 2 nitrogen and oxygen atoms in total. The van der Waals surface area contributed by atoms with Crippen LogP contribution in [0.2, 0.25) is 0 Å². The van der Waals surface area contributed by atoms with Gasteiger partial charge in [0, 0.05) is 0 Å². The van der Waals surface area contributed by atoms with Gasteiger partial charge in [0.2, 0.25) is 0 Å². The van der Waals surface area contributed by atoms with Crippen LogP contribution in [-0.4, -0.2) is 17.4 Å². The number of hydrogen-bond donors (Lipinski definition) is 0. The van der Waals surface area contributed by atoms with Gasteiger partial charge in [-0.3, -0.25) is 4.79 Å². The minimum absolute atomic E-state index is 0.115. The molecule has 0 aromatic heterocycles. The molecule has 0 aliphatic heterocycles. The molecule has 1 rings (SSSR count). The average molecular weight is 325 g/mol. The van der Waals surface area contributed by atoms with Crippen molar-refractivity contribution < 1.29 is 22.7 Å². The minimum atomic E-state index is -4.38. The number of ether oxygens (including phenoxy) is 1. The molecular weight excluding hydrogens is 313 g/mol. The Hall–Kier alpha value is -1.04. The molecule has 0 amide bonds. The third-order valence-corrected chi connectivity index (χ3v) is 3.01. The Morgan fingerprint density at radius 3 is 2.50 bits per heavy atom. The lowest BCUT2D eigenvalue weighted by Crippen LogP contribution is -2.32. The second-order valence-corrected chi connectivity index (χ2v) is 5.81. The van der Waals surface area contributed by atoms with E-state index >= 15 is 0 Å². The van der Waals surface area contributed by atoms with Crippen LogP contribution in [0.15, 0.2) is 24.3 Å². The van der Waals surface area contributed by atoms with Crippen LogP contribution in [0, 0.1) is 0 Å². The highest BCUT2D eigenvalue weighted by Crippen LogP contribution is 2.31. The maximum Gasteiger partial charge on any atom is 0.416 e. The van der Waals surface area contributed by atoms with Gasteiger partial charge in [0.05, 0.1) is 12.7 Å². The van der Waals surface area contributed by atoms with E-state index in [2.05, 4.69) is 20.7 Å². The number of carbonyl (C=O) groups excluding carboxylic acids is 1. The van der Waals surface area contributed by atoms with Crippen molar-refractivity contribution in [3.63, 3.8) is 0 Å². The minimum Gasteiger partial charge on any atom is -0.468 e. The molecule has 0 heterocycles. The molecular formula is C12H12BrF3O2. The summed E-state index contributed by atoms with van der Waals surface area (Å²) in [6.07, 6.45) is -4.27. The lowest BCUT2D eigenvalue weighted by Gasteiger charge is -2.20. The number of methoxy groups -OCH3 is 1. The molecule has 0 spiro atoms. The highest BCUT2D eigenvalue weighted by Gasteiger charge is 2.33. The van der Waals surface area contributed by atoms with Crippen LogP contribution in [0.1, 0.15) is 18.1 Å². The zero-order valence-corrected chi connectivity index (χ0v) is 11.4. The third-order valence-electron chi connectivity index (χ3n) is 2.40. The number of rotatable bonds is 3. The fraction of sp³-hybridized carbons (Fsp3) is 0.417. The second-order valence-electron chi connectivity index (χ2n) is 4.06. The molecule has 18 heavy (non-hydrogen) atoms. The standard InChI is InChI=1S/C12H12BrF3O2/c1-11(13,10(17)18-2)7-8-4-3-5-9(6-8)12(14,15)16/h3-6H,7H2,1-2H3/t11-/m0/s1. The van der Waals surface area contributed by atoms with Gasteiger partial charge in [-0.15, -0.1) is 0 Å². The number of alkyl halides is 4. The lowest BCUT2D eigenvalue weighted by atomic mass is 9.99. The van der Waals surface area contributed by atoms with Gasteiger partial charge in [-0.2, -0.15) is 13.2 Å². The van der Waals surface area contributed by atoms with Gasteiger partial charge in [0.1, 0.15) is 4.32 Å². The van der Waals surface area contributed by atoms with Crippen LogP contribution >= 0.6 is 15.9 Å². The van der Waals surface area contributed by atoms with Crippen LogP contribution in [0.5, 0.6) is 0 Å². The lowest BCUT2D eigenvalue weighted by molar-refractivity contribution is -0.142. The van der Waals surface area contributed by atoms with Crippen LogP contribution in [0.25, 0.3) is 0 Å². The van der Waals surface area contributed by atoms with E-state index in [9.17, 15) is 18.0 Å². The van der Waals surface area contributed by atoms with E-state index in [4.69, 9.17) is 0 Å². The van der Waals surface area contributed by atoms with Gasteiger partial charge in [-0.05, 0) is 25.0 Å². The molecule has 1 aromatic rings. The van der Waals surface area contributed by atoms with Crippen molar-refractivity contribution in [2.45, 2.75) is 23.8 Å². The van der Waals surface area contributed by atoms with Crippen LogP contribution in [-0.2, 0) is 22.1 Å². The fourth-order valence-electron chi connectivity index (χ4n) is 1.53. The van der Waals surface area contributed by atoms with Gasteiger partial charge < -0.3 is 4.74 Å². The number of esters is 1. The molecule has 100 valence electrons. The molecule has 0 unspecified atom stereocenters. The summed E-state index contributed by atoms with van der Waals surface area (Å²) < 4.78 is 41.1. The summed E-state index contributed by atoms with van der Waals surface area (Å²) in [6, 6.07) is 4.88. The highest BCUT2D eigenvalue weighted by molar-refractivity contribution is 9.10. The van der Waals surface area contributed by atoms with Crippen molar-refractivity contribution in [1.29, 1.82) is 0 Å². The van der Waals surface area contributed by atoms with Crippen molar-refractivity contribution in [2.24, 2.45) is 0 Å². The zero-order valence-electron chi connectivity index (χ0n) is 9.84. The van der Waals surface area contributed by atoms with Gasteiger partial charge in [-0.1, -0.05) is 34.1 Å². The van der Waals surface area contributed by atoms with Crippen molar-refractivity contribution in [3.05, 3.63) is 35.4 Å². The molecule has 0 radical (unpaired) electrons. The monoisotopic (exact) mass is 324 g/mol. The molecule has 0 fully saturated rings. The van der Waals surface area contributed by atoms with E-state index in [1.54, 1.807) is 6.92 Å². The first kappa shape index (κ1) is 15.0. The highest BCUT2D eigenvalue weighted by atomic mass is 79.9. The SMILES string of the molecule is COC(=O)[C@@](C)(Br)Cc1cccc(C(F)(F)F)c1. The van der Waals surface area contributed by atoms with E-state index in [-0.39, 0.29) is 6.42 Å². The first-order valence-electron chi connectivity index (χ1n) is 5.10. The Morgan fingerprint density at radius 1 is 1.39 bits per heavy atom. The van der Waals surface area contributed by atoms with Gasteiger partial charge in [-0.25, -0.2) is 0 Å². The summed E-state index contributed by atoms with van der Waals surface area (Å²) in [5, 5.41) is 0. The predicted molar refractivity (Wildman–Crippen MR) is 64.5 cm³/mol. The summed E-state index contributed by atoms with van der Waals surface area (Å²) >= 11 is 3.16. The molecule has 0 bridgehead atoms. The van der Waals surface area contributed by atoms with Crippen LogP contribution in [0.4, 0.5) is 13.2 Å². The molecule has 0 saturated carbocycles. The largest absolute Gasteiger partial charge is 0.468 e. The van der Waals surface area contributed by atoms with E-state index in [0.29, 0.717) is 5.56 Å². The van der Waals surface area contributed by atoms with Crippen molar-refractivity contribution in [2.75, 3.05) is 7.11 Å². The Bertz CT molecular complexity index is 441. The topological polar surface area (TPSA) is 26.3 Å². The first-order valence-corrected chi connectivity index (χ1v) is 5.89. The molecule has 0 saturated heterocycles. The molecule has 0 N–H and O–H groups in total. The van der Waals surface area contributed by atoms with Crippen molar-refractivity contribution in [3.8, 4) is 0 Å². The third kappa shape index (κ3) is 3.73. The number of benzene rings is 1. The first-order chi connectivity index (χ1) is 8.16. The Balaban J connectivity index is 2.96. The van der Waals surface area contributed by atoms with Crippen molar-refractivity contribution >= 4 is 21.9 Å². The molecule has 1 aromatic carbocycles. The van der Waals surface area contributed by atoms with Crippen LogP contribution < -0.4 is 0 Å². The van der Waals surface area contributed by atoms with E-state index < -0.39 is 22.0 Å². The van der Waals surface area contributed by atoms with Crippen molar-refractivity contribution in [1.82, 2.24) is 0 Å². The molecule has 0 aliphatic rings. The Kier molecular flexibility index (Phi) is 4.42. The van der Waals surface area contributed by atoms with E-state index in [1.165, 1.54) is 19.2 Å². The predicted octanol–water partition coefficient (Wildman–Crippen LogP) is 3.57.